The molecule has 0 bridgehead atoms. The molecule has 0 aliphatic rings. The van der Waals surface area contributed by atoms with E-state index < -0.39 is 30.9 Å². The van der Waals surface area contributed by atoms with Crippen molar-refractivity contribution in [3.05, 3.63) is 24.2 Å². The van der Waals surface area contributed by atoms with Gasteiger partial charge in [0.25, 0.3) is 0 Å². The Morgan fingerprint density at radius 1 is 0.762 bits per heavy atom. The van der Waals surface area contributed by atoms with Crippen LogP contribution in [0.5, 0.6) is 0 Å². The standard InChI is InChI=1S/C14H30O4Si3/c1-12(16-19(2,3)4)11-13(17-20(5,6)7)14(15)18-21(8,9)10/h11H,1H2,2-10H3/b13-11+. The van der Waals surface area contributed by atoms with Crippen LogP contribution in [0.15, 0.2) is 24.2 Å². The number of rotatable bonds is 7. The van der Waals surface area contributed by atoms with Gasteiger partial charge < -0.3 is 13.3 Å². The van der Waals surface area contributed by atoms with Gasteiger partial charge in [-0.05, 0) is 58.9 Å². The van der Waals surface area contributed by atoms with Crippen molar-refractivity contribution in [3.8, 4) is 0 Å². The van der Waals surface area contributed by atoms with Gasteiger partial charge in [0.15, 0.2) is 5.76 Å². The molecule has 0 fully saturated rings. The molecule has 0 unspecified atom stereocenters. The average molecular weight is 347 g/mol. The zero-order valence-corrected chi connectivity index (χ0v) is 17.9. The molecule has 0 aliphatic carbocycles. The lowest BCUT2D eigenvalue weighted by Crippen LogP contribution is -2.34. The predicted molar refractivity (Wildman–Crippen MR) is 95.5 cm³/mol. The molecule has 4 nitrogen and oxygen atoms in total. The van der Waals surface area contributed by atoms with Crippen LogP contribution in [-0.2, 0) is 18.1 Å². The van der Waals surface area contributed by atoms with Gasteiger partial charge in [0.2, 0.25) is 25.0 Å². The van der Waals surface area contributed by atoms with E-state index in [1.54, 1.807) is 6.08 Å². The quantitative estimate of drug-likeness (QED) is 0.295. The van der Waals surface area contributed by atoms with Gasteiger partial charge in [0, 0.05) is 6.08 Å². The van der Waals surface area contributed by atoms with E-state index in [-0.39, 0.29) is 5.76 Å². The Morgan fingerprint density at radius 2 is 1.14 bits per heavy atom. The fourth-order valence-corrected chi connectivity index (χ4v) is 3.66. The zero-order valence-electron chi connectivity index (χ0n) is 14.9. The molecule has 0 aromatic carbocycles. The third-order valence-corrected chi connectivity index (χ3v) is 4.25. The second-order valence-corrected chi connectivity index (χ2v) is 21.2. The molecule has 0 saturated carbocycles. The monoisotopic (exact) mass is 346 g/mol. The van der Waals surface area contributed by atoms with Gasteiger partial charge in [-0.15, -0.1) is 0 Å². The minimum Gasteiger partial charge on any atom is -0.545 e. The molecule has 0 radical (unpaired) electrons. The second kappa shape index (κ2) is 6.97. The van der Waals surface area contributed by atoms with Gasteiger partial charge in [-0.3, -0.25) is 0 Å². The van der Waals surface area contributed by atoms with E-state index in [0.717, 1.165) is 0 Å². The van der Waals surface area contributed by atoms with Crippen LogP contribution in [0.1, 0.15) is 0 Å². The van der Waals surface area contributed by atoms with Crippen molar-refractivity contribution in [1.82, 2.24) is 0 Å². The lowest BCUT2D eigenvalue weighted by molar-refractivity contribution is -0.133. The molecule has 21 heavy (non-hydrogen) atoms. The Hall–Kier alpha value is -0.799. The lowest BCUT2D eigenvalue weighted by atomic mass is 10.4. The van der Waals surface area contributed by atoms with Gasteiger partial charge in [-0.2, -0.15) is 0 Å². The number of carbonyl (C=O) groups is 1. The van der Waals surface area contributed by atoms with Crippen LogP contribution in [0.25, 0.3) is 0 Å². The van der Waals surface area contributed by atoms with Crippen LogP contribution < -0.4 is 0 Å². The second-order valence-electron chi connectivity index (χ2n) is 7.91. The largest absolute Gasteiger partial charge is 0.545 e. The third kappa shape index (κ3) is 11.5. The van der Waals surface area contributed by atoms with Crippen LogP contribution in [-0.4, -0.2) is 30.9 Å². The molecule has 0 aromatic rings. The maximum atomic E-state index is 12.3. The highest BCUT2D eigenvalue weighted by Crippen LogP contribution is 2.18. The van der Waals surface area contributed by atoms with Gasteiger partial charge in [0.05, 0.1) is 5.76 Å². The molecule has 0 aromatic heterocycles. The van der Waals surface area contributed by atoms with Gasteiger partial charge in [-0.1, -0.05) is 6.58 Å². The maximum Gasteiger partial charge on any atom is 0.359 e. The summed E-state index contributed by atoms with van der Waals surface area (Å²) in [6, 6.07) is 0. The molecule has 0 spiro atoms. The first kappa shape index (κ1) is 20.2. The third-order valence-electron chi connectivity index (χ3n) is 1.75. The van der Waals surface area contributed by atoms with E-state index in [4.69, 9.17) is 13.3 Å². The molecule has 0 rings (SSSR count). The maximum absolute atomic E-state index is 12.3. The molecule has 0 heterocycles. The summed E-state index contributed by atoms with van der Waals surface area (Å²) in [5.74, 6) is 0.242. The number of hydrogen-bond acceptors (Lipinski definition) is 4. The Kier molecular flexibility index (Phi) is 6.71. The van der Waals surface area contributed by atoms with E-state index in [2.05, 4.69) is 26.2 Å². The van der Waals surface area contributed by atoms with Crippen molar-refractivity contribution < 1.29 is 18.1 Å². The van der Waals surface area contributed by atoms with Crippen molar-refractivity contribution in [2.24, 2.45) is 0 Å². The first-order valence-corrected chi connectivity index (χ1v) is 17.3. The van der Waals surface area contributed by atoms with E-state index >= 15 is 0 Å². The minimum absolute atomic E-state index is 0.208. The van der Waals surface area contributed by atoms with Crippen molar-refractivity contribution in [3.63, 3.8) is 0 Å². The Balaban J connectivity index is 5.23. The molecular formula is C14H30O4Si3. The summed E-state index contributed by atoms with van der Waals surface area (Å²) in [6.07, 6.45) is 1.57. The number of allylic oxidation sites excluding steroid dienone is 1. The fourth-order valence-electron chi connectivity index (χ4n) is 1.36. The highest BCUT2D eigenvalue weighted by molar-refractivity contribution is 6.72. The topological polar surface area (TPSA) is 44.8 Å². The van der Waals surface area contributed by atoms with E-state index in [1.165, 1.54) is 0 Å². The van der Waals surface area contributed by atoms with E-state index in [1.807, 2.05) is 39.3 Å². The fraction of sp³-hybridized carbons (Fsp3) is 0.643. The van der Waals surface area contributed by atoms with Crippen LogP contribution >= 0.6 is 0 Å². The summed E-state index contributed by atoms with van der Waals surface area (Å²) in [5, 5.41) is 0. The predicted octanol–water partition coefficient (Wildman–Crippen LogP) is 4.47. The summed E-state index contributed by atoms with van der Waals surface area (Å²) in [5.41, 5.74) is 0. The molecule has 122 valence electrons. The van der Waals surface area contributed by atoms with E-state index in [9.17, 15) is 4.79 Å². The van der Waals surface area contributed by atoms with Gasteiger partial charge in [-0.25, -0.2) is 4.79 Å². The van der Waals surface area contributed by atoms with Crippen LogP contribution in [0.3, 0.4) is 0 Å². The average Bonchev–Trinajstić information content (AvgIpc) is 2.07. The van der Waals surface area contributed by atoms with Crippen LogP contribution in [0.4, 0.5) is 0 Å². The molecular weight excluding hydrogens is 316 g/mol. The summed E-state index contributed by atoms with van der Waals surface area (Å²) in [4.78, 5) is 12.3. The highest BCUT2D eigenvalue weighted by atomic mass is 28.4. The summed E-state index contributed by atoms with van der Waals surface area (Å²) < 4.78 is 17.1. The first-order chi connectivity index (χ1) is 9.09. The van der Waals surface area contributed by atoms with E-state index in [0.29, 0.717) is 5.76 Å². The molecule has 0 saturated heterocycles. The Morgan fingerprint density at radius 3 is 1.48 bits per heavy atom. The van der Waals surface area contributed by atoms with Crippen molar-refractivity contribution in [2.75, 3.05) is 0 Å². The summed E-state index contributed by atoms with van der Waals surface area (Å²) in [6.45, 7) is 22.0. The lowest BCUT2D eigenvalue weighted by Gasteiger charge is -2.25. The molecule has 0 amide bonds. The van der Waals surface area contributed by atoms with Crippen molar-refractivity contribution in [1.29, 1.82) is 0 Å². The van der Waals surface area contributed by atoms with Crippen LogP contribution in [0, 0.1) is 0 Å². The zero-order chi connectivity index (χ0) is 17.1. The molecule has 0 N–H and O–H groups in total. The Labute approximate surface area is 132 Å². The molecule has 0 aliphatic heterocycles. The van der Waals surface area contributed by atoms with Crippen molar-refractivity contribution in [2.45, 2.75) is 58.9 Å². The summed E-state index contributed by atoms with van der Waals surface area (Å²) in [7, 11) is -5.66. The van der Waals surface area contributed by atoms with Crippen molar-refractivity contribution >= 4 is 30.9 Å². The smallest absolute Gasteiger partial charge is 0.359 e. The minimum atomic E-state index is -1.97. The molecule has 7 heteroatoms. The van der Waals surface area contributed by atoms with Crippen LogP contribution in [0.2, 0.25) is 58.9 Å². The molecule has 0 atom stereocenters. The first-order valence-electron chi connectivity index (χ1n) is 7.11. The Bertz CT molecular complexity index is 423. The SMILES string of the molecule is C=C(/C=C(/O[Si](C)(C)C)C(=O)O[Si](C)(C)C)O[Si](C)(C)C. The highest BCUT2D eigenvalue weighted by Gasteiger charge is 2.28. The normalized spacial score (nSPS) is 13.7. The van der Waals surface area contributed by atoms with Gasteiger partial charge in [0.1, 0.15) is 0 Å². The van der Waals surface area contributed by atoms with Gasteiger partial charge >= 0.3 is 5.97 Å². The number of carbonyl (C=O) groups excluding carboxylic acids is 1. The number of hydrogen-bond donors (Lipinski definition) is 0. The summed E-state index contributed by atoms with van der Waals surface area (Å²) >= 11 is 0.